The Morgan fingerprint density at radius 3 is 2.59 bits per heavy atom. The topological polar surface area (TPSA) is 64.4 Å². The molecule has 0 bridgehead atoms. The van der Waals surface area contributed by atoms with Crippen molar-refractivity contribution in [2.24, 2.45) is 0 Å². The predicted molar refractivity (Wildman–Crippen MR) is 104 cm³/mol. The molecule has 0 saturated heterocycles. The van der Waals surface area contributed by atoms with Crippen molar-refractivity contribution >= 4 is 17.5 Å². The lowest BCUT2D eigenvalue weighted by atomic mass is 10.0. The van der Waals surface area contributed by atoms with Crippen molar-refractivity contribution in [3.05, 3.63) is 82.2 Å². The summed E-state index contributed by atoms with van der Waals surface area (Å²) in [5, 5.41) is 7.46. The summed E-state index contributed by atoms with van der Waals surface area (Å²) in [5.74, 6) is 0.794. The number of hydrogen-bond donors (Lipinski definition) is 1. The minimum atomic E-state index is -0.291. The third kappa shape index (κ3) is 4.49. The highest BCUT2D eigenvalue weighted by molar-refractivity contribution is 6.32. The molecule has 5 nitrogen and oxygen atoms in total. The first kappa shape index (κ1) is 19.0. The van der Waals surface area contributed by atoms with Crippen LogP contribution < -0.4 is 10.1 Å². The maximum absolute atomic E-state index is 12.8. The van der Waals surface area contributed by atoms with E-state index in [1.807, 2.05) is 49.4 Å². The van der Waals surface area contributed by atoms with E-state index in [2.05, 4.69) is 10.5 Å². The number of hydrogen-bond acceptors (Lipinski definition) is 4. The average molecular weight is 385 g/mol. The number of para-hydroxylation sites is 1. The number of rotatable bonds is 7. The Labute approximate surface area is 163 Å². The predicted octanol–water partition coefficient (Wildman–Crippen LogP) is 5.10. The number of ether oxygens (including phenoxy) is 1. The maximum Gasteiger partial charge on any atom is 0.274 e. The van der Waals surface area contributed by atoms with Gasteiger partial charge in [0.05, 0.1) is 16.6 Å². The van der Waals surface area contributed by atoms with Gasteiger partial charge in [-0.3, -0.25) is 4.79 Å². The van der Waals surface area contributed by atoms with Gasteiger partial charge in [0.25, 0.3) is 5.91 Å². The maximum atomic E-state index is 12.8. The Hall–Kier alpha value is -2.79. The van der Waals surface area contributed by atoms with Crippen LogP contribution in [0, 0.1) is 6.92 Å². The van der Waals surface area contributed by atoms with Crippen LogP contribution in [0.15, 0.2) is 59.1 Å². The number of carbonyl (C=O) groups excluding carboxylic acids is 1. The largest absolute Gasteiger partial charge is 0.487 e. The molecule has 1 unspecified atom stereocenters. The van der Waals surface area contributed by atoms with Gasteiger partial charge in [-0.2, -0.15) is 0 Å². The summed E-state index contributed by atoms with van der Waals surface area (Å²) in [4.78, 5) is 12.8. The van der Waals surface area contributed by atoms with Gasteiger partial charge in [-0.25, -0.2) is 0 Å². The van der Waals surface area contributed by atoms with E-state index in [9.17, 15) is 4.79 Å². The summed E-state index contributed by atoms with van der Waals surface area (Å²) in [7, 11) is 0. The number of nitrogens with zero attached hydrogens (tertiary/aromatic N) is 1. The zero-order valence-corrected chi connectivity index (χ0v) is 16.0. The molecule has 1 amide bonds. The Morgan fingerprint density at radius 2 is 1.89 bits per heavy atom. The lowest BCUT2D eigenvalue weighted by Gasteiger charge is -2.17. The quantitative estimate of drug-likeness (QED) is 0.615. The standard InChI is InChI=1S/C21H21ClN2O3/c1-3-18(15-9-5-4-6-10-15)23-21(25)20-16(14(2)27-24-20)13-26-19-12-8-7-11-17(19)22/h4-12,18H,3,13H2,1-2H3,(H,23,25). The van der Waals surface area contributed by atoms with Crippen molar-refractivity contribution in [2.45, 2.75) is 32.9 Å². The van der Waals surface area contributed by atoms with Gasteiger partial charge in [-0.15, -0.1) is 0 Å². The highest BCUT2D eigenvalue weighted by atomic mass is 35.5. The first-order chi connectivity index (χ1) is 13.1. The van der Waals surface area contributed by atoms with E-state index in [-0.39, 0.29) is 24.2 Å². The highest BCUT2D eigenvalue weighted by Gasteiger charge is 2.23. The van der Waals surface area contributed by atoms with Crippen LogP contribution in [0.25, 0.3) is 0 Å². The van der Waals surface area contributed by atoms with Gasteiger partial charge >= 0.3 is 0 Å². The summed E-state index contributed by atoms with van der Waals surface area (Å²) in [6, 6.07) is 16.9. The van der Waals surface area contributed by atoms with Crippen molar-refractivity contribution < 1.29 is 14.1 Å². The third-order valence-corrected chi connectivity index (χ3v) is 4.64. The normalized spacial score (nSPS) is 11.8. The van der Waals surface area contributed by atoms with Gasteiger partial charge in [-0.05, 0) is 31.0 Å². The van der Waals surface area contributed by atoms with Crippen molar-refractivity contribution in [2.75, 3.05) is 0 Å². The van der Waals surface area contributed by atoms with Crippen molar-refractivity contribution in [1.29, 1.82) is 0 Å². The Morgan fingerprint density at radius 1 is 1.19 bits per heavy atom. The number of carbonyl (C=O) groups is 1. The lowest BCUT2D eigenvalue weighted by molar-refractivity contribution is 0.0924. The summed E-state index contributed by atoms with van der Waals surface area (Å²) >= 11 is 6.12. The Bertz CT molecular complexity index is 909. The van der Waals surface area contributed by atoms with E-state index in [0.29, 0.717) is 22.1 Å². The Kier molecular flexibility index (Phi) is 6.14. The van der Waals surface area contributed by atoms with Gasteiger partial charge in [0, 0.05) is 0 Å². The second kappa shape index (κ2) is 8.73. The summed E-state index contributed by atoms with van der Waals surface area (Å²) in [6.07, 6.45) is 0.762. The second-order valence-electron chi connectivity index (χ2n) is 6.13. The fraction of sp³-hybridized carbons (Fsp3) is 0.238. The molecule has 0 spiro atoms. The van der Waals surface area contributed by atoms with Crippen LogP contribution in [0.4, 0.5) is 0 Å². The summed E-state index contributed by atoms with van der Waals surface area (Å²) < 4.78 is 11.0. The lowest BCUT2D eigenvalue weighted by Crippen LogP contribution is -2.29. The van der Waals surface area contributed by atoms with Crippen molar-refractivity contribution in [3.63, 3.8) is 0 Å². The molecular weight excluding hydrogens is 364 g/mol. The van der Waals surface area contributed by atoms with E-state index in [1.54, 1.807) is 19.1 Å². The first-order valence-electron chi connectivity index (χ1n) is 8.78. The molecule has 6 heteroatoms. The van der Waals surface area contributed by atoms with Gasteiger partial charge in [-0.1, -0.05) is 66.1 Å². The molecule has 3 rings (SSSR count). The van der Waals surface area contributed by atoms with E-state index in [1.165, 1.54) is 0 Å². The minimum Gasteiger partial charge on any atom is -0.487 e. The molecule has 1 N–H and O–H groups in total. The molecule has 0 saturated carbocycles. The molecule has 1 atom stereocenters. The van der Waals surface area contributed by atoms with Crippen LogP contribution in [0.2, 0.25) is 5.02 Å². The number of benzene rings is 2. The molecule has 0 aliphatic rings. The molecule has 2 aromatic carbocycles. The van der Waals surface area contributed by atoms with Crippen LogP contribution in [0.3, 0.4) is 0 Å². The van der Waals surface area contributed by atoms with Crippen LogP contribution in [-0.2, 0) is 6.61 Å². The summed E-state index contributed by atoms with van der Waals surface area (Å²) in [5.41, 5.74) is 1.88. The zero-order valence-electron chi connectivity index (χ0n) is 15.2. The minimum absolute atomic E-state index is 0.104. The van der Waals surface area contributed by atoms with Crippen LogP contribution in [0.5, 0.6) is 5.75 Å². The molecule has 0 fully saturated rings. The van der Waals surface area contributed by atoms with Crippen molar-refractivity contribution in [3.8, 4) is 5.75 Å². The van der Waals surface area contributed by atoms with E-state index in [0.717, 1.165) is 12.0 Å². The van der Waals surface area contributed by atoms with Crippen LogP contribution in [0.1, 0.15) is 46.8 Å². The highest BCUT2D eigenvalue weighted by Crippen LogP contribution is 2.25. The van der Waals surface area contributed by atoms with E-state index < -0.39 is 0 Å². The van der Waals surface area contributed by atoms with E-state index in [4.69, 9.17) is 20.9 Å². The van der Waals surface area contributed by atoms with Gasteiger partial charge in [0.1, 0.15) is 18.1 Å². The fourth-order valence-electron chi connectivity index (χ4n) is 2.78. The monoisotopic (exact) mass is 384 g/mol. The average Bonchev–Trinajstić information content (AvgIpc) is 3.06. The SMILES string of the molecule is CCC(NC(=O)c1noc(C)c1COc1ccccc1Cl)c1ccccc1. The Balaban J connectivity index is 1.75. The van der Waals surface area contributed by atoms with Crippen molar-refractivity contribution in [1.82, 2.24) is 10.5 Å². The molecule has 27 heavy (non-hydrogen) atoms. The van der Waals surface area contributed by atoms with Gasteiger partial charge < -0.3 is 14.6 Å². The van der Waals surface area contributed by atoms with Gasteiger partial charge in [0.2, 0.25) is 0 Å². The molecule has 0 aliphatic carbocycles. The van der Waals surface area contributed by atoms with Crippen LogP contribution >= 0.6 is 11.6 Å². The molecule has 0 aliphatic heterocycles. The second-order valence-corrected chi connectivity index (χ2v) is 6.54. The molecule has 3 aromatic rings. The molecular formula is C21H21ClN2O3. The first-order valence-corrected chi connectivity index (χ1v) is 9.16. The summed E-state index contributed by atoms with van der Waals surface area (Å²) in [6.45, 7) is 3.92. The number of halogens is 1. The van der Waals surface area contributed by atoms with Crippen LogP contribution in [-0.4, -0.2) is 11.1 Å². The molecule has 0 radical (unpaired) electrons. The fourth-order valence-corrected chi connectivity index (χ4v) is 2.97. The molecule has 140 valence electrons. The van der Waals surface area contributed by atoms with Gasteiger partial charge in [0.15, 0.2) is 5.69 Å². The number of nitrogens with one attached hydrogen (secondary N) is 1. The number of amides is 1. The molecule has 1 heterocycles. The number of aromatic nitrogens is 1. The smallest absolute Gasteiger partial charge is 0.274 e. The molecule has 1 aromatic heterocycles. The number of aryl methyl sites for hydroxylation is 1. The zero-order chi connectivity index (χ0) is 19.2. The van der Waals surface area contributed by atoms with E-state index >= 15 is 0 Å². The third-order valence-electron chi connectivity index (χ3n) is 4.32.